The van der Waals surface area contributed by atoms with Crippen molar-refractivity contribution in [3.05, 3.63) is 30.3 Å². The van der Waals surface area contributed by atoms with Gasteiger partial charge in [-0.15, -0.1) is 5.10 Å². The second-order valence-electron chi connectivity index (χ2n) is 4.57. The van der Waals surface area contributed by atoms with Crippen LogP contribution in [0.3, 0.4) is 0 Å². The molecular weight excluding hydrogens is 290 g/mol. The van der Waals surface area contributed by atoms with Crippen LogP contribution in [0.5, 0.6) is 0 Å². The van der Waals surface area contributed by atoms with Crippen LogP contribution in [0.2, 0.25) is 0 Å². The molecular formula is C13H17N5O2S. The molecule has 0 fully saturated rings. The highest BCUT2D eigenvalue weighted by molar-refractivity contribution is 7.99. The molecule has 0 saturated carbocycles. The van der Waals surface area contributed by atoms with Gasteiger partial charge in [0.1, 0.15) is 5.54 Å². The van der Waals surface area contributed by atoms with E-state index in [1.54, 1.807) is 18.7 Å². The van der Waals surface area contributed by atoms with Crippen molar-refractivity contribution < 1.29 is 9.53 Å². The molecule has 1 heterocycles. The van der Waals surface area contributed by atoms with E-state index in [1.807, 2.05) is 30.3 Å². The molecule has 112 valence electrons. The number of thioether (sulfide) groups is 1. The molecule has 0 aliphatic carbocycles. The minimum Gasteiger partial charge on any atom is -0.468 e. The fraction of sp³-hybridized carbons (Fsp3) is 0.385. The van der Waals surface area contributed by atoms with Crippen LogP contribution in [0.4, 0.5) is 0 Å². The van der Waals surface area contributed by atoms with Gasteiger partial charge in [0.05, 0.1) is 12.8 Å². The summed E-state index contributed by atoms with van der Waals surface area (Å²) in [5, 5.41) is 15.3. The first-order valence-electron chi connectivity index (χ1n) is 6.34. The summed E-state index contributed by atoms with van der Waals surface area (Å²) in [7, 11) is 3.09. The number of rotatable bonds is 6. The van der Waals surface area contributed by atoms with Gasteiger partial charge >= 0.3 is 5.97 Å². The quantitative estimate of drug-likeness (QED) is 0.627. The Hall–Kier alpha value is -1.93. The summed E-state index contributed by atoms with van der Waals surface area (Å²) in [5.41, 5.74) is 0.0709. The average molecular weight is 307 g/mol. The SMILES string of the molecule is CNC(C)(CSc1nnnn1-c1ccccc1)C(=O)OC. The third kappa shape index (κ3) is 3.40. The summed E-state index contributed by atoms with van der Waals surface area (Å²) in [4.78, 5) is 11.8. The third-order valence-electron chi connectivity index (χ3n) is 3.12. The van der Waals surface area contributed by atoms with Crippen LogP contribution in [-0.4, -0.2) is 51.6 Å². The maximum atomic E-state index is 11.8. The number of carbonyl (C=O) groups excluding carboxylic acids is 1. The summed E-state index contributed by atoms with van der Waals surface area (Å²) >= 11 is 1.39. The van der Waals surface area contributed by atoms with Crippen molar-refractivity contribution in [3.8, 4) is 5.69 Å². The maximum absolute atomic E-state index is 11.8. The van der Waals surface area contributed by atoms with Gasteiger partial charge in [-0.25, -0.2) is 0 Å². The van der Waals surface area contributed by atoms with Gasteiger partial charge in [0.2, 0.25) is 5.16 Å². The minimum absolute atomic E-state index is 0.323. The predicted molar refractivity (Wildman–Crippen MR) is 79.4 cm³/mol. The summed E-state index contributed by atoms with van der Waals surface area (Å²) < 4.78 is 6.45. The second kappa shape index (κ2) is 6.68. The number of esters is 1. The van der Waals surface area contributed by atoms with Crippen LogP contribution < -0.4 is 5.32 Å². The number of nitrogens with zero attached hydrogens (tertiary/aromatic N) is 4. The third-order valence-corrected chi connectivity index (χ3v) is 4.35. The van der Waals surface area contributed by atoms with Gasteiger partial charge in [0, 0.05) is 5.75 Å². The molecule has 0 amide bonds. The molecule has 1 aromatic heterocycles. The number of hydrogen-bond donors (Lipinski definition) is 1. The van der Waals surface area contributed by atoms with Gasteiger partial charge in [0.25, 0.3) is 0 Å². The first kappa shape index (κ1) is 15.5. The number of nitrogens with one attached hydrogen (secondary N) is 1. The lowest BCUT2D eigenvalue weighted by atomic mass is 10.1. The van der Waals surface area contributed by atoms with Crippen LogP contribution in [-0.2, 0) is 9.53 Å². The van der Waals surface area contributed by atoms with Crippen LogP contribution in [0.15, 0.2) is 35.5 Å². The highest BCUT2D eigenvalue weighted by Gasteiger charge is 2.33. The van der Waals surface area contributed by atoms with Crippen LogP contribution >= 0.6 is 11.8 Å². The van der Waals surface area contributed by atoms with Crippen LogP contribution in [0.1, 0.15) is 6.92 Å². The van der Waals surface area contributed by atoms with Crippen molar-refractivity contribution in [1.82, 2.24) is 25.5 Å². The Balaban J connectivity index is 2.15. The van der Waals surface area contributed by atoms with E-state index in [9.17, 15) is 4.79 Å². The Labute approximate surface area is 127 Å². The first-order chi connectivity index (χ1) is 10.1. The molecule has 21 heavy (non-hydrogen) atoms. The first-order valence-corrected chi connectivity index (χ1v) is 7.33. The van der Waals surface area contributed by atoms with Gasteiger partial charge in [0.15, 0.2) is 0 Å². The standard InChI is InChI=1S/C13H17N5O2S/c1-13(14-2,11(19)20-3)9-21-12-15-16-17-18(12)10-7-5-4-6-8-10/h4-8,14H,9H2,1-3H3. The van der Waals surface area contributed by atoms with Crippen LogP contribution in [0, 0.1) is 0 Å². The molecule has 1 N–H and O–H groups in total. The molecule has 0 aliphatic rings. The maximum Gasteiger partial charge on any atom is 0.326 e. The fourth-order valence-electron chi connectivity index (χ4n) is 1.67. The van der Waals surface area contributed by atoms with Crippen molar-refractivity contribution >= 4 is 17.7 Å². The smallest absolute Gasteiger partial charge is 0.326 e. The molecule has 2 aromatic rings. The zero-order chi connectivity index (χ0) is 15.3. The monoisotopic (exact) mass is 307 g/mol. The van der Waals surface area contributed by atoms with Crippen LogP contribution in [0.25, 0.3) is 5.69 Å². The molecule has 1 atom stereocenters. The van der Waals surface area contributed by atoms with E-state index in [0.29, 0.717) is 10.9 Å². The zero-order valence-corrected chi connectivity index (χ0v) is 12.9. The van der Waals surface area contributed by atoms with Gasteiger partial charge < -0.3 is 10.1 Å². The number of ether oxygens (including phenoxy) is 1. The summed E-state index contributed by atoms with van der Waals surface area (Å²) in [5.74, 6) is 0.125. The lowest BCUT2D eigenvalue weighted by Crippen LogP contribution is -2.50. The Morgan fingerprint density at radius 2 is 2.14 bits per heavy atom. The van der Waals surface area contributed by atoms with Gasteiger partial charge in [-0.1, -0.05) is 30.0 Å². The van der Waals surface area contributed by atoms with Gasteiger partial charge in [-0.2, -0.15) is 4.68 Å². The topological polar surface area (TPSA) is 81.9 Å². The molecule has 8 heteroatoms. The predicted octanol–water partition coefficient (Wildman–Crippen LogP) is 0.905. The Morgan fingerprint density at radius 3 is 2.76 bits per heavy atom. The number of hydrogen-bond acceptors (Lipinski definition) is 7. The largest absolute Gasteiger partial charge is 0.468 e. The number of likely N-dealkylation sites (N-methyl/N-ethyl adjacent to an activating group) is 1. The normalized spacial score (nSPS) is 13.7. The molecule has 0 radical (unpaired) electrons. The Morgan fingerprint density at radius 1 is 1.43 bits per heavy atom. The fourth-order valence-corrected chi connectivity index (χ4v) is 2.71. The summed E-state index contributed by atoms with van der Waals surface area (Å²) in [6.45, 7) is 1.78. The molecule has 1 aromatic carbocycles. The minimum atomic E-state index is -0.799. The number of benzene rings is 1. The van der Waals surface area contributed by atoms with Gasteiger partial charge in [-0.05, 0) is 36.5 Å². The summed E-state index contributed by atoms with van der Waals surface area (Å²) in [6, 6.07) is 9.58. The molecule has 0 bridgehead atoms. The molecule has 0 aliphatic heterocycles. The number of para-hydroxylation sites is 1. The highest BCUT2D eigenvalue weighted by Crippen LogP contribution is 2.23. The van der Waals surface area contributed by atoms with Crippen molar-refractivity contribution in [2.45, 2.75) is 17.6 Å². The zero-order valence-electron chi connectivity index (χ0n) is 12.1. The van der Waals surface area contributed by atoms with Crippen molar-refractivity contribution in [1.29, 1.82) is 0 Å². The van der Waals surface area contributed by atoms with E-state index in [1.165, 1.54) is 18.9 Å². The average Bonchev–Trinajstić information content (AvgIpc) is 3.01. The molecule has 1 unspecified atom stereocenters. The van der Waals surface area contributed by atoms with Crippen molar-refractivity contribution in [3.63, 3.8) is 0 Å². The summed E-state index contributed by atoms with van der Waals surface area (Å²) in [6.07, 6.45) is 0. The lowest BCUT2D eigenvalue weighted by molar-refractivity contribution is -0.146. The number of carbonyl (C=O) groups is 1. The van der Waals surface area contributed by atoms with E-state index in [4.69, 9.17) is 4.74 Å². The molecule has 0 spiro atoms. The van der Waals surface area contributed by atoms with Crippen molar-refractivity contribution in [2.24, 2.45) is 0 Å². The molecule has 7 nitrogen and oxygen atoms in total. The number of methoxy groups -OCH3 is 1. The number of aromatic nitrogens is 4. The number of tetrazole rings is 1. The highest BCUT2D eigenvalue weighted by atomic mass is 32.2. The van der Waals surface area contributed by atoms with E-state index >= 15 is 0 Å². The molecule has 2 rings (SSSR count). The van der Waals surface area contributed by atoms with Crippen molar-refractivity contribution in [2.75, 3.05) is 19.9 Å². The van der Waals surface area contributed by atoms with E-state index in [2.05, 4.69) is 20.8 Å². The van der Waals surface area contributed by atoms with E-state index in [-0.39, 0.29) is 5.97 Å². The lowest BCUT2D eigenvalue weighted by Gasteiger charge is -2.25. The second-order valence-corrected chi connectivity index (χ2v) is 5.51. The van der Waals surface area contributed by atoms with Gasteiger partial charge in [-0.3, -0.25) is 4.79 Å². The van der Waals surface area contributed by atoms with E-state index < -0.39 is 5.54 Å². The van der Waals surface area contributed by atoms with E-state index in [0.717, 1.165) is 5.69 Å². The molecule has 0 saturated heterocycles. The Kier molecular flexibility index (Phi) is 4.92. The Bertz CT molecular complexity index is 604.